The number of carbonyl (C=O) groups excluding carboxylic acids is 3. The average molecular weight is 536 g/mol. The number of carbonyl (C=O) groups is 3. The third-order valence-corrected chi connectivity index (χ3v) is 7.44. The van der Waals surface area contributed by atoms with Crippen molar-refractivity contribution in [3.05, 3.63) is 64.1 Å². The van der Waals surface area contributed by atoms with Gasteiger partial charge >= 0.3 is 0 Å². The van der Waals surface area contributed by atoms with Gasteiger partial charge < -0.3 is 10.2 Å². The summed E-state index contributed by atoms with van der Waals surface area (Å²) < 4.78 is 27.2. The molecule has 0 fully saturated rings. The summed E-state index contributed by atoms with van der Waals surface area (Å²) in [4.78, 5) is 40.1. The molecular weight excluding hydrogens is 510 g/mol. The second kappa shape index (κ2) is 9.26. The van der Waals surface area contributed by atoms with Gasteiger partial charge in [0.1, 0.15) is 17.5 Å². The first kappa shape index (κ1) is 24.9. The number of benzene rings is 2. The number of sulfonamides is 1. The highest BCUT2D eigenvalue weighted by atomic mass is 79.9. The topological polar surface area (TPSA) is 104 Å². The number of hydrogen-bond donors (Lipinski definition) is 1. The molecule has 2 aromatic carbocycles. The number of nitrogens with zero attached hydrogens (tertiary/aromatic N) is 2. The summed E-state index contributed by atoms with van der Waals surface area (Å²) in [6.45, 7) is 6.42. The van der Waals surface area contributed by atoms with Gasteiger partial charge in [-0.05, 0) is 57.5 Å². The van der Waals surface area contributed by atoms with E-state index in [-0.39, 0.29) is 22.9 Å². The van der Waals surface area contributed by atoms with E-state index < -0.39 is 40.0 Å². The van der Waals surface area contributed by atoms with Crippen LogP contribution in [0.25, 0.3) is 0 Å². The number of amides is 3. The van der Waals surface area contributed by atoms with Crippen molar-refractivity contribution < 1.29 is 22.8 Å². The molecule has 0 spiro atoms. The average Bonchev–Trinajstić information content (AvgIpc) is 2.92. The zero-order valence-corrected chi connectivity index (χ0v) is 21.2. The second-order valence-electron chi connectivity index (χ2n) is 8.88. The molecule has 1 N–H and O–H groups in total. The van der Waals surface area contributed by atoms with Gasteiger partial charge in [-0.2, -0.15) is 0 Å². The maximum atomic E-state index is 13.3. The van der Waals surface area contributed by atoms with E-state index in [0.29, 0.717) is 4.31 Å². The van der Waals surface area contributed by atoms with Gasteiger partial charge in [0.2, 0.25) is 11.8 Å². The predicted octanol–water partition coefficient (Wildman–Crippen LogP) is 2.93. The van der Waals surface area contributed by atoms with Crippen molar-refractivity contribution in [2.45, 2.75) is 50.7 Å². The van der Waals surface area contributed by atoms with Crippen LogP contribution in [0.5, 0.6) is 0 Å². The van der Waals surface area contributed by atoms with Crippen LogP contribution in [0.15, 0.2) is 57.9 Å². The number of hydrogen-bond acceptors (Lipinski definition) is 5. The van der Waals surface area contributed by atoms with Crippen LogP contribution in [-0.4, -0.2) is 53.5 Å². The van der Waals surface area contributed by atoms with Gasteiger partial charge in [-0.1, -0.05) is 40.2 Å². The Morgan fingerprint density at radius 3 is 2.27 bits per heavy atom. The maximum absolute atomic E-state index is 13.3. The van der Waals surface area contributed by atoms with Gasteiger partial charge in [0.25, 0.3) is 15.9 Å². The SMILES string of the molecule is C[C@@H](C(=O)NC(C)(C)C)N(Cc1ccc(Br)cc1)C(=O)CN1C(=O)c2ccccc2S1(=O)=O. The molecule has 176 valence electrons. The number of nitrogens with one attached hydrogen (secondary N) is 1. The van der Waals surface area contributed by atoms with Crippen molar-refractivity contribution in [3.63, 3.8) is 0 Å². The maximum Gasteiger partial charge on any atom is 0.269 e. The minimum Gasteiger partial charge on any atom is -0.350 e. The lowest BCUT2D eigenvalue weighted by Crippen LogP contribution is -2.54. The Bertz CT molecular complexity index is 1190. The monoisotopic (exact) mass is 535 g/mol. The summed E-state index contributed by atoms with van der Waals surface area (Å²) in [7, 11) is -4.15. The number of rotatable bonds is 6. The molecule has 1 heterocycles. The largest absolute Gasteiger partial charge is 0.350 e. The lowest BCUT2D eigenvalue weighted by molar-refractivity contribution is -0.141. The molecule has 10 heteroatoms. The van der Waals surface area contributed by atoms with Crippen molar-refractivity contribution in [1.82, 2.24) is 14.5 Å². The number of fused-ring (bicyclic) bond motifs is 1. The quantitative estimate of drug-likeness (QED) is 0.612. The van der Waals surface area contributed by atoms with Crippen LogP contribution in [-0.2, 0) is 26.2 Å². The predicted molar refractivity (Wildman–Crippen MR) is 127 cm³/mol. The first-order valence-electron chi connectivity index (χ1n) is 10.3. The third kappa shape index (κ3) is 5.44. The highest BCUT2D eigenvalue weighted by molar-refractivity contribution is 9.10. The fourth-order valence-corrected chi connectivity index (χ4v) is 5.23. The van der Waals surface area contributed by atoms with E-state index in [1.165, 1.54) is 23.1 Å². The van der Waals surface area contributed by atoms with Crippen LogP contribution in [0, 0.1) is 0 Å². The third-order valence-electron chi connectivity index (χ3n) is 5.12. The zero-order valence-electron chi connectivity index (χ0n) is 18.8. The molecular formula is C23H26BrN3O5S. The fourth-order valence-electron chi connectivity index (χ4n) is 3.44. The molecule has 33 heavy (non-hydrogen) atoms. The molecule has 1 aliphatic heterocycles. The Hall–Kier alpha value is -2.72. The van der Waals surface area contributed by atoms with Gasteiger partial charge in [-0.3, -0.25) is 14.4 Å². The van der Waals surface area contributed by atoms with Gasteiger partial charge in [0.15, 0.2) is 0 Å². The molecule has 1 atom stereocenters. The smallest absolute Gasteiger partial charge is 0.269 e. The van der Waals surface area contributed by atoms with E-state index in [2.05, 4.69) is 21.2 Å². The molecule has 0 radical (unpaired) electrons. The van der Waals surface area contributed by atoms with E-state index in [9.17, 15) is 22.8 Å². The lowest BCUT2D eigenvalue weighted by Gasteiger charge is -2.32. The summed E-state index contributed by atoms with van der Waals surface area (Å²) >= 11 is 3.36. The van der Waals surface area contributed by atoms with Crippen LogP contribution in [0.2, 0.25) is 0 Å². The Balaban J connectivity index is 1.89. The molecule has 3 rings (SSSR count). The van der Waals surface area contributed by atoms with Gasteiger partial charge in [-0.15, -0.1) is 0 Å². The summed E-state index contributed by atoms with van der Waals surface area (Å²) in [6, 6.07) is 12.2. The van der Waals surface area contributed by atoms with Crippen LogP contribution < -0.4 is 5.32 Å². The van der Waals surface area contributed by atoms with Crippen LogP contribution in [0.4, 0.5) is 0 Å². The molecule has 2 aromatic rings. The standard InChI is InChI=1S/C23H26BrN3O5S/c1-15(21(29)25-23(2,3)4)26(13-16-9-11-17(24)12-10-16)20(28)14-27-22(30)18-7-5-6-8-19(18)33(27,31)32/h5-12,15H,13-14H2,1-4H3,(H,25,29)/t15-/m0/s1. The highest BCUT2D eigenvalue weighted by Crippen LogP contribution is 2.30. The van der Waals surface area contributed by atoms with E-state index in [1.807, 2.05) is 32.9 Å². The Labute approximate surface area is 202 Å². The Morgan fingerprint density at radius 2 is 1.70 bits per heavy atom. The molecule has 1 aliphatic rings. The van der Waals surface area contributed by atoms with Crippen molar-refractivity contribution in [2.75, 3.05) is 6.54 Å². The molecule has 0 aliphatic carbocycles. The van der Waals surface area contributed by atoms with Crippen molar-refractivity contribution >= 4 is 43.7 Å². The van der Waals surface area contributed by atoms with Gasteiger partial charge in [-0.25, -0.2) is 12.7 Å². The Morgan fingerprint density at radius 1 is 1.09 bits per heavy atom. The van der Waals surface area contributed by atoms with E-state index >= 15 is 0 Å². The minimum atomic E-state index is -4.15. The molecule has 0 bridgehead atoms. The van der Waals surface area contributed by atoms with E-state index in [1.54, 1.807) is 25.1 Å². The van der Waals surface area contributed by atoms with E-state index in [0.717, 1.165) is 10.0 Å². The first-order chi connectivity index (χ1) is 15.3. The normalized spacial score (nSPS) is 15.7. The Kier molecular flexibility index (Phi) is 6.99. The second-order valence-corrected chi connectivity index (χ2v) is 11.6. The highest BCUT2D eigenvalue weighted by Gasteiger charge is 2.43. The van der Waals surface area contributed by atoms with E-state index in [4.69, 9.17) is 0 Å². The molecule has 0 aromatic heterocycles. The van der Waals surface area contributed by atoms with Crippen LogP contribution >= 0.6 is 15.9 Å². The van der Waals surface area contributed by atoms with Gasteiger partial charge in [0.05, 0.1) is 5.56 Å². The van der Waals surface area contributed by atoms with Gasteiger partial charge in [0, 0.05) is 16.6 Å². The van der Waals surface area contributed by atoms with Crippen molar-refractivity contribution in [1.29, 1.82) is 0 Å². The summed E-state index contributed by atoms with van der Waals surface area (Å²) in [5, 5.41) is 2.84. The molecule has 8 nitrogen and oxygen atoms in total. The minimum absolute atomic E-state index is 0.0308. The van der Waals surface area contributed by atoms with Crippen molar-refractivity contribution in [2.24, 2.45) is 0 Å². The molecule has 0 saturated heterocycles. The molecule has 0 saturated carbocycles. The lowest BCUT2D eigenvalue weighted by atomic mass is 10.1. The van der Waals surface area contributed by atoms with Crippen LogP contribution in [0.1, 0.15) is 43.6 Å². The summed E-state index contributed by atoms with van der Waals surface area (Å²) in [5.74, 6) is -1.79. The number of halogens is 1. The first-order valence-corrected chi connectivity index (χ1v) is 12.6. The molecule has 3 amide bonds. The van der Waals surface area contributed by atoms with Crippen LogP contribution in [0.3, 0.4) is 0 Å². The van der Waals surface area contributed by atoms with Crippen molar-refractivity contribution in [3.8, 4) is 0 Å². The zero-order chi connectivity index (χ0) is 24.6. The fraction of sp³-hybridized carbons (Fsp3) is 0.348. The molecule has 0 unspecified atom stereocenters. The summed E-state index contributed by atoms with van der Waals surface area (Å²) in [6.07, 6.45) is 0. The summed E-state index contributed by atoms with van der Waals surface area (Å²) in [5.41, 5.74) is 0.261.